The van der Waals surface area contributed by atoms with Crippen LogP contribution >= 0.6 is 11.8 Å². The van der Waals surface area contributed by atoms with Crippen molar-refractivity contribution in [1.29, 1.82) is 0 Å². The number of ether oxygens (including phenoxy) is 1. The van der Waals surface area contributed by atoms with E-state index in [2.05, 4.69) is 27.0 Å². The molecule has 184 valence electrons. The summed E-state index contributed by atoms with van der Waals surface area (Å²) in [6.45, 7) is 14.2. The summed E-state index contributed by atoms with van der Waals surface area (Å²) in [5, 5.41) is 9.71. The number of hydrogen-bond donors (Lipinski definition) is 1. The Labute approximate surface area is 201 Å². The van der Waals surface area contributed by atoms with Gasteiger partial charge in [0.15, 0.2) is 0 Å². The molecule has 2 bridgehead atoms. The van der Waals surface area contributed by atoms with Crippen LogP contribution in [0.1, 0.15) is 46.5 Å². The van der Waals surface area contributed by atoms with E-state index in [1.807, 2.05) is 11.8 Å². The first-order chi connectivity index (χ1) is 15.8. The molecule has 3 rings (SSSR count). The topological polar surface area (TPSA) is 87.2 Å². The van der Waals surface area contributed by atoms with Gasteiger partial charge in [0.05, 0.1) is 29.8 Å². The molecule has 1 N–H and O–H groups in total. The van der Waals surface area contributed by atoms with Crippen molar-refractivity contribution in [2.75, 3.05) is 26.3 Å². The number of nitrogens with zero attached hydrogens (tertiary/aromatic N) is 2. The van der Waals surface area contributed by atoms with Gasteiger partial charge in [0.2, 0.25) is 11.8 Å². The number of aliphatic hydroxyl groups is 1. The average Bonchev–Trinajstić information content (AvgIpc) is 3.36. The number of rotatable bonds is 12. The first-order valence-corrected chi connectivity index (χ1v) is 13.0. The van der Waals surface area contributed by atoms with Gasteiger partial charge in [-0.15, -0.1) is 24.9 Å². The maximum absolute atomic E-state index is 14.1. The first-order valence-electron chi connectivity index (χ1n) is 12.1. The second kappa shape index (κ2) is 10.6. The van der Waals surface area contributed by atoms with Crippen LogP contribution in [0.5, 0.6) is 0 Å². The highest BCUT2D eigenvalue weighted by atomic mass is 32.2. The summed E-state index contributed by atoms with van der Waals surface area (Å²) in [4.78, 5) is 44.3. The Morgan fingerprint density at radius 3 is 2.73 bits per heavy atom. The molecular weight excluding hydrogens is 440 g/mol. The van der Waals surface area contributed by atoms with E-state index in [4.69, 9.17) is 4.74 Å². The number of thioether (sulfide) groups is 1. The highest BCUT2D eigenvalue weighted by molar-refractivity contribution is 8.02. The zero-order chi connectivity index (χ0) is 24.3. The van der Waals surface area contributed by atoms with Crippen molar-refractivity contribution in [3.63, 3.8) is 0 Å². The molecular formula is C25H38N2O5S. The molecule has 0 aliphatic carbocycles. The van der Waals surface area contributed by atoms with E-state index in [1.54, 1.807) is 23.9 Å². The Morgan fingerprint density at radius 1 is 1.39 bits per heavy atom. The Kier molecular flexibility index (Phi) is 8.32. The number of aliphatic hydroxyl groups excluding tert-OH is 1. The predicted octanol–water partition coefficient (Wildman–Crippen LogP) is 2.64. The van der Waals surface area contributed by atoms with Gasteiger partial charge in [0.25, 0.3) is 0 Å². The molecule has 0 aromatic heterocycles. The zero-order valence-corrected chi connectivity index (χ0v) is 20.9. The van der Waals surface area contributed by atoms with Crippen LogP contribution in [0.4, 0.5) is 0 Å². The van der Waals surface area contributed by atoms with Crippen molar-refractivity contribution in [2.24, 2.45) is 17.8 Å². The van der Waals surface area contributed by atoms with Crippen LogP contribution in [-0.4, -0.2) is 81.1 Å². The van der Waals surface area contributed by atoms with E-state index < -0.39 is 22.6 Å². The van der Waals surface area contributed by atoms with Crippen LogP contribution < -0.4 is 0 Å². The first kappa shape index (κ1) is 25.8. The van der Waals surface area contributed by atoms with Crippen LogP contribution in [-0.2, 0) is 19.1 Å². The highest BCUT2D eigenvalue weighted by Gasteiger charge is 2.76. The van der Waals surface area contributed by atoms with Gasteiger partial charge >= 0.3 is 5.97 Å². The molecule has 0 aromatic rings. The molecule has 2 amide bonds. The van der Waals surface area contributed by atoms with Gasteiger partial charge in [0, 0.05) is 24.4 Å². The van der Waals surface area contributed by atoms with Crippen LogP contribution in [0.2, 0.25) is 0 Å². The third-order valence-corrected chi connectivity index (χ3v) is 9.58. The van der Waals surface area contributed by atoms with Crippen molar-refractivity contribution in [3.05, 3.63) is 25.3 Å². The lowest BCUT2D eigenvalue weighted by Gasteiger charge is -2.41. The minimum Gasteiger partial charge on any atom is -0.465 e. The number of β-amino-alcohol motifs (C(OH)–C–C–N with tert-alkyl or cyclic N) is 1. The molecule has 3 aliphatic rings. The molecule has 7 atom stereocenters. The van der Waals surface area contributed by atoms with Gasteiger partial charge in [-0.2, -0.15) is 0 Å². The van der Waals surface area contributed by atoms with Gasteiger partial charge in [-0.1, -0.05) is 32.4 Å². The smallest absolute Gasteiger partial charge is 0.310 e. The number of likely N-dealkylation sites (tertiary alicyclic amines) is 1. The second-order valence-electron chi connectivity index (χ2n) is 9.47. The molecule has 8 heteroatoms. The van der Waals surface area contributed by atoms with Gasteiger partial charge < -0.3 is 19.6 Å². The molecule has 3 saturated heterocycles. The molecule has 3 heterocycles. The van der Waals surface area contributed by atoms with Crippen molar-refractivity contribution in [3.8, 4) is 0 Å². The quantitative estimate of drug-likeness (QED) is 0.264. The maximum atomic E-state index is 14.1. The second-order valence-corrected chi connectivity index (χ2v) is 11.0. The normalized spacial score (nSPS) is 33.0. The predicted molar refractivity (Wildman–Crippen MR) is 130 cm³/mol. The lowest BCUT2D eigenvalue weighted by molar-refractivity contribution is -0.154. The lowest BCUT2D eigenvalue weighted by Crippen LogP contribution is -2.58. The Bertz CT molecular complexity index is 789. The van der Waals surface area contributed by atoms with E-state index >= 15 is 0 Å². The van der Waals surface area contributed by atoms with Crippen LogP contribution in [0.15, 0.2) is 25.3 Å². The molecule has 0 saturated carbocycles. The Balaban J connectivity index is 2.01. The van der Waals surface area contributed by atoms with Gasteiger partial charge in [0.1, 0.15) is 6.04 Å². The van der Waals surface area contributed by atoms with Crippen LogP contribution in [0, 0.1) is 17.8 Å². The van der Waals surface area contributed by atoms with Crippen molar-refractivity contribution < 1.29 is 24.2 Å². The number of hydrogen-bond acceptors (Lipinski definition) is 6. The fourth-order valence-electron chi connectivity index (χ4n) is 6.11. The van der Waals surface area contributed by atoms with Crippen LogP contribution in [0.3, 0.4) is 0 Å². The molecule has 3 aliphatic heterocycles. The third-order valence-electron chi connectivity index (χ3n) is 7.51. The Morgan fingerprint density at radius 2 is 2.12 bits per heavy atom. The van der Waals surface area contributed by atoms with E-state index in [9.17, 15) is 19.5 Å². The Hall–Kier alpha value is -1.80. The summed E-state index contributed by atoms with van der Waals surface area (Å²) < 4.78 is 4.81. The van der Waals surface area contributed by atoms with Gasteiger partial charge in [-0.3, -0.25) is 14.4 Å². The summed E-state index contributed by atoms with van der Waals surface area (Å²) in [6.07, 6.45) is 6.51. The standard InChI is InChI=1S/C25H38N2O5S/c1-6-9-14-32-24(31)19-18-15-16(4)25(33-18)20(19)22(29)27(12-13-28)21(25)23(30)26(11-8-3)17(5)10-7-2/h6,8,16-21,28H,1,3,7,9-15H2,2,4-5H3/t16?,17?,18-,19+,20-,21?,25?/m0/s1. The van der Waals surface area contributed by atoms with Gasteiger partial charge in [-0.05, 0) is 32.1 Å². The fraction of sp³-hybridized carbons (Fsp3) is 0.720. The van der Waals surface area contributed by atoms with Gasteiger partial charge in [-0.25, -0.2) is 0 Å². The zero-order valence-electron chi connectivity index (χ0n) is 20.1. The van der Waals surface area contributed by atoms with E-state index in [1.165, 1.54) is 4.90 Å². The largest absolute Gasteiger partial charge is 0.465 e. The molecule has 0 aromatic carbocycles. The summed E-state index contributed by atoms with van der Waals surface area (Å²) in [5.74, 6) is -1.77. The number of carbonyl (C=O) groups excluding carboxylic acids is 3. The minimum atomic E-state index is -0.711. The maximum Gasteiger partial charge on any atom is 0.310 e. The third kappa shape index (κ3) is 4.25. The molecule has 1 spiro atoms. The van der Waals surface area contributed by atoms with E-state index in [0.717, 1.165) is 19.3 Å². The summed E-state index contributed by atoms with van der Waals surface area (Å²) in [6, 6.07) is -0.710. The van der Waals surface area contributed by atoms with Crippen LogP contribution in [0.25, 0.3) is 0 Å². The van der Waals surface area contributed by atoms with E-state index in [-0.39, 0.29) is 54.8 Å². The summed E-state index contributed by atoms with van der Waals surface area (Å²) >= 11 is 1.63. The minimum absolute atomic E-state index is 0.000559. The SMILES string of the molecule is C=CCCOC(=O)[C@@H]1[C@@H]2CC(C)C3(S2)C(C(=O)N(CC=C)C(C)CCC)N(CCO)C(=O)[C@H]13. The van der Waals surface area contributed by atoms with E-state index in [0.29, 0.717) is 13.0 Å². The molecule has 3 fully saturated rings. The number of esters is 1. The monoisotopic (exact) mass is 478 g/mol. The fourth-order valence-corrected chi connectivity index (χ4v) is 8.52. The molecule has 4 unspecified atom stereocenters. The molecule has 0 radical (unpaired) electrons. The molecule has 33 heavy (non-hydrogen) atoms. The van der Waals surface area contributed by atoms with Crippen molar-refractivity contribution >= 4 is 29.5 Å². The number of fused-ring (bicyclic) bond motifs is 1. The number of carbonyl (C=O) groups is 3. The number of amides is 2. The summed E-state index contributed by atoms with van der Waals surface area (Å²) in [7, 11) is 0. The lowest BCUT2D eigenvalue weighted by atomic mass is 9.66. The highest BCUT2D eigenvalue weighted by Crippen LogP contribution is 2.68. The molecule has 7 nitrogen and oxygen atoms in total. The van der Waals surface area contributed by atoms with Crippen molar-refractivity contribution in [2.45, 2.75) is 68.5 Å². The average molecular weight is 479 g/mol. The van der Waals surface area contributed by atoms with Crippen molar-refractivity contribution in [1.82, 2.24) is 9.80 Å². The summed E-state index contributed by atoms with van der Waals surface area (Å²) in [5.41, 5.74) is 0.